The highest BCUT2D eigenvalue weighted by molar-refractivity contribution is 5.96. The van der Waals surface area contributed by atoms with Crippen LogP contribution in [0.5, 0.6) is 0 Å². The van der Waals surface area contributed by atoms with Crippen molar-refractivity contribution >= 4 is 17.5 Å². The number of carbonyl (C=O) groups excluding carboxylic acids is 2. The van der Waals surface area contributed by atoms with E-state index in [-0.39, 0.29) is 18.4 Å². The number of nitrogens with zero attached hydrogens (tertiary/aromatic N) is 3. The second-order valence-electron chi connectivity index (χ2n) is 6.37. The largest absolute Gasteiger partial charge is 0.379 e. The van der Waals surface area contributed by atoms with Gasteiger partial charge in [-0.3, -0.25) is 14.5 Å². The molecule has 1 aromatic carbocycles. The van der Waals surface area contributed by atoms with Crippen LogP contribution in [0.3, 0.4) is 0 Å². The molecule has 0 unspecified atom stereocenters. The molecule has 1 aliphatic heterocycles. The maximum absolute atomic E-state index is 12.8. The molecule has 138 valence electrons. The Balaban J connectivity index is 1.96. The van der Waals surface area contributed by atoms with E-state index in [1.165, 1.54) is 6.92 Å². The first-order valence-electron chi connectivity index (χ1n) is 8.94. The summed E-state index contributed by atoms with van der Waals surface area (Å²) in [4.78, 5) is 30.4. The van der Waals surface area contributed by atoms with Gasteiger partial charge in [0.1, 0.15) is 6.54 Å². The van der Waals surface area contributed by atoms with Crippen LogP contribution < -0.4 is 4.90 Å². The van der Waals surface area contributed by atoms with Crippen LogP contribution in [-0.4, -0.2) is 74.1 Å². The first-order valence-corrected chi connectivity index (χ1v) is 8.94. The molecule has 0 saturated carbocycles. The molecule has 0 radical (unpaired) electrons. The van der Waals surface area contributed by atoms with Crippen LogP contribution >= 0.6 is 0 Å². The predicted octanol–water partition coefficient (Wildman–Crippen LogP) is 1.53. The number of morpholine rings is 1. The zero-order valence-corrected chi connectivity index (χ0v) is 15.5. The topological polar surface area (TPSA) is 53.1 Å². The van der Waals surface area contributed by atoms with Gasteiger partial charge in [0, 0.05) is 45.3 Å². The summed E-state index contributed by atoms with van der Waals surface area (Å²) in [7, 11) is 0. The van der Waals surface area contributed by atoms with Crippen molar-refractivity contribution in [3.8, 4) is 0 Å². The molecule has 1 aromatic rings. The molecule has 0 atom stereocenters. The third-order valence-electron chi connectivity index (χ3n) is 4.49. The molecule has 1 fully saturated rings. The molecule has 0 N–H and O–H groups in total. The average Bonchev–Trinajstić information content (AvgIpc) is 2.60. The number of aryl methyl sites for hydroxylation is 1. The lowest BCUT2D eigenvalue weighted by Gasteiger charge is -2.30. The molecular formula is C19H29N3O3. The minimum Gasteiger partial charge on any atom is -0.379 e. The van der Waals surface area contributed by atoms with E-state index in [0.29, 0.717) is 13.1 Å². The van der Waals surface area contributed by atoms with Gasteiger partial charge in [0.25, 0.3) is 0 Å². The van der Waals surface area contributed by atoms with Crippen LogP contribution in [0.15, 0.2) is 24.3 Å². The van der Waals surface area contributed by atoms with Crippen LogP contribution in [0.4, 0.5) is 5.69 Å². The van der Waals surface area contributed by atoms with Gasteiger partial charge in [0.2, 0.25) is 11.8 Å². The van der Waals surface area contributed by atoms with Crippen LogP contribution in [0.1, 0.15) is 19.4 Å². The Labute approximate surface area is 150 Å². The van der Waals surface area contributed by atoms with Gasteiger partial charge in [0.15, 0.2) is 0 Å². The molecule has 2 amide bonds. The highest BCUT2D eigenvalue weighted by Gasteiger charge is 2.20. The molecular weight excluding hydrogens is 318 g/mol. The van der Waals surface area contributed by atoms with Crippen molar-refractivity contribution < 1.29 is 14.3 Å². The number of amides is 2. The fourth-order valence-corrected chi connectivity index (χ4v) is 2.98. The lowest BCUT2D eigenvalue weighted by Crippen LogP contribution is -2.46. The maximum Gasteiger partial charge on any atom is 0.246 e. The summed E-state index contributed by atoms with van der Waals surface area (Å²) in [6.45, 7) is 10.7. The number of hydrogen-bond acceptors (Lipinski definition) is 4. The third kappa shape index (κ3) is 5.83. The molecule has 0 bridgehead atoms. The molecule has 1 aliphatic rings. The van der Waals surface area contributed by atoms with E-state index in [1.807, 2.05) is 38.1 Å². The lowest BCUT2D eigenvalue weighted by atomic mass is 10.2. The fourth-order valence-electron chi connectivity index (χ4n) is 2.98. The summed E-state index contributed by atoms with van der Waals surface area (Å²) in [5.74, 6) is -0.118. The van der Waals surface area contributed by atoms with Gasteiger partial charge >= 0.3 is 0 Å². The maximum atomic E-state index is 12.8. The van der Waals surface area contributed by atoms with E-state index < -0.39 is 0 Å². The SMILES string of the molecule is CCN(C(=O)CN(CCN1CCOCC1)C(C)=O)c1cccc(C)c1. The number of benzene rings is 1. The molecule has 0 aliphatic carbocycles. The number of hydrogen-bond donors (Lipinski definition) is 0. The molecule has 1 saturated heterocycles. The van der Waals surface area contributed by atoms with Crippen LogP contribution in [-0.2, 0) is 14.3 Å². The number of anilines is 1. The predicted molar refractivity (Wildman–Crippen MR) is 98.7 cm³/mol. The van der Waals surface area contributed by atoms with Gasteiger partial charge in [-0.15, -0.1) is 0 Å². The third-order valence-corrected chi connectivity index (χ3v) is 4.49. The zero-order chi connectivity index (χ0) is 18.2. The second kappa shape index (κ2) is 9.53. The average molecular weight is 347 g/mol. The Hall–Kier alpha value is -1.92. The summed E-state index contributed by atoms with van der Waals surface area (Å²) in [5.41, 5.74) is 1.99. The quantitative estimate of drug-likeness (QED) is 0.751. The van der Waals surface area contributed by atoms with Crippen molar-refractivity contribution in [1.82, 2.24) is 9.80 Å². The van der Waals surface area contributed by atoms with E-state index in [9.17, 15) is 9.59 Å². The zero-order valence-electron chi connectivity index (χ0n) is 15.5. The molecule has 6 heteroatoms. The van der Waals surface area contributed by atoms with E-state index in [2.05, 4.69) is 4.90 Å². The normalized spacial score (nSPS) is 15.0. The summed E-state index contributed by atoms with van der Waals surface area (Å²) < 4.78 is 5.34. The highest BCUT2D eigenvalue weighted by Crippen LogP contribution is 2.16. The number of ether oxygens (including phenoxy) is 1. The van der Waals surface area contributed by atoms with Gasteiger partial charge in [-0.1, -0.05) is 12.1 Å². The molecule has 0 aromatic heterocycles. The summed E-state index contributed by atoms with van der Waals surface area (Å²) in [6, 6.07) is 7.88. The van der Waals surface area contributed by atoms with E-state index in [4.69, 9.17) is 4.74 Å². The van der Waals surface area contributed by atoms with Crippen molar-refractivity contribution in [1.29, 1.82) is 0 Å². The van der Waals surface area contributed by atoms with E-state index in [0.717, 1.165) is 44.1 Å². The van der Waals surface area contributed by atoms with Gasteiger partial charge < -0.3 is 14.5 Å². The van der Waals surface area contributed by atoms with Gasteiger partial charge in [0.05, 0.1) is 13.2 Å². The summed E-state index contributed by atoms with van der Waals surface area (Å²) in [6.07, 6.45) is 0. The monoisotopic (exact) mass is 347 g/mol. The van der Waals surface area contributed by atoms with Crippen molar-refractivity contribution in [2.45, 2.75) is 20.8 Å². The van der Waals surface area contributed by atoms with Crippen LogP contribution in [0.2, 0.25) is 0 Å². The van der Waals surface area contributed by atoms with Gasteiger partial charge in [-0.05, 0) is 31.5 Å². The minimum absolute atomic E-state index is 0.0507. The van der Waals surface area contributed by atoms with Gasteiger partial charge in [-0.25, -0.2) is 0 Å². The summed E-state index contributed by atoms with van der Waals surface area (Å²) in [5, 5.41) is 0. The fraction of sp³-hybridized carbons (Fsp3) is 0.579. The Bertz CT molecular complexity index is 585. The van der Waals surface area contributed by atoms with Crippen molar-refractivity contribution in [3.05, 3.63) is 29.8 Å². The first kappa shape index (κ1) is 19.4. The Morgan fingerprint density at radius 1 is 1.24 bits per heavy atom. The molecule has 25 heavy (non-hydrogen) atoms. The molecule has 2 rings (SSSR count). The van der Waals surface area contributed by atoms with Crippen molar-refractivity contribution in [3.63, 3.8) is 0 Å². The first-order chi connectivity index (χ1) is 12.0. The van der Waals surface area contributed by atoms with Gasteiger partial charge in [-0.2, -0.15) is 0 Å². The number of rotatable bonds is 7. The van der Waals surface area contributed by atoms with Crippen molar-refractivity contribution in [2.75, 3.05) is 57.4 Å². The Morgan fingerprint density at radius 2 is 1.96 bits per heavy atom. The highest BCUT2D eigenvalue weighted by atomic mass is 16.5. The number of likely N-dealkylation sites (N-methyl/N-ethyl adjacent to an activating group) is 1. The Morgan fingerprint density at radius 3 is 2.56 bits per heavy atom. The standard InChI is InChI=1S/C19H29N3O3/c1-4-22(18-7-5-6-16(2)14-18)19(24)15-21(17(3)23)9-8-20-10-12-25-13-11-20/h5-7,14H,4,8-13,15H2,1-3H3. The smallest absolute Gasteiger partial charge is 0.246 e. The Kier molecular flexibility index (Phi) is 7.40. The summed E-state index contributed by atoms with van der Waals surface area (Å²) >= 11 is 0. The molecule has 6 nitrogen and oxygen atoms in total. The van der Waals surface area contributed by atoms with Crippen molar-refractivity contribution in [2.24, 2.45) is 0 Å². The van der Waals surface area contributed by atoms with Crippen LogP contribution in [0, 0.1) is 6.92 Å². The van der Waals surface area contributed by atoms with E-state index >= 15 is 0 Å². The minimum atomic E-state index is -0.0677. The molecule has 0 spiro atoms. The lowest BCUT2D eigenvalue weighted by molar-refractivity contribution is -0.133. The number of carbonyl (C=O) groups is 2. The van der Waals surface area contributed by atoms with Crippen LogP contribution in [0.25, 0.3) is 0 Å². The second-order valence-corrected chi connectivity index (χ2v) is 6.37. The van der Waals surface area contributed by atoms with E-state index in [1.54, 1.807) is 9.80 Å². The molecule has 1 heterocycles.